The van der Waals surface area contributed by atoms with Gasteiger partial charge in [0.05, 0.1) is 13.7 Å². The average Bonchev–Trinajstić information content (AvgIpc) is 2.27. The van der Waals surface area contributed by atoms with E-state index in [1.54, 1.807) is 7.11 Å². The number of methoxy groups -OCH3 is 1. The van der Waals surface area contributed by atoms with E-state index >= 15 is 0 Å². The van der Waals surface area contributed by atoms with Crippen LogP contribution in [-0.2, 0) is 6.42 Å². The molecule has 3 heteroatoms. The van der Waals surface area contributed by atoms with Crippen LogP contribution in [0.1, 0.15) is 18.9 Å². The van der Waals surface area contributed by atoms with Gasteiger partial charge in [0.15, 0.2) is 11.5 Å². The van der Waals surface area contributed by atoms with Crippen LogP contribution in [0.25, 0.3) is 0 Å². The number of hydrogen-bond acceptors (Lipinski definition) is 2. The Kier molecular flexibility index (Phi) is 9.36. The van der Waals surface area contributed by atoms with Crippen LogP contribution in [0.3, 0.4) is 0 Å². The van der Waals surface area contributed by atoms with Crippen molar-refractivity contribution in [2.45, 2.75) is 19.8 Å². The van der Waals surface area contributed by atoms with Gasteiger partial charge in [-0.25, -0.2) is 0 Å². The van der Waals surface area contributed by atoms with Crippen LogP contribution in [-0.4, -0.2) is 65.1 Å². The first-order valence-corrected chi connectivity index (χ1v) is 5.22. The molecule has 0 saturated carbocycles. The molecule has 0 radical (unpaired) electrons. The summed E-state index contributed by atoms with van der Waals surface area (Å²) in [7, 11) is 1.66. The van der Waals surface area contributed by atoms with E-state index in [1.807, 2.05) is 24.3 Å². The Morgan fingerprint density at radius 1 is 1.31 bits per heavy atom. The molecule has 0 amide bonds. The van der Waals surface area contributed by atoms with Crippen LogP contribution >= 0.6 is 0 Å². The summed E-state index contributed by atoms with van der Waals surface area (Å²) < 4.78 is 10.8. The molecule has 0 heterocycles. The fourth-order valence-electron chi connectivity index (χ4n) is 1.34. The fraction of sp³-hybridized carbons (Fsp3) is 0.385. The van der Waals surface area contributed by atoms with E-state index in [0.717, 1.165) is 30.9 Å². The third-order valence-electron chi connectivity index (χ3n) is 2.07. The number of hydrogen-bond donors (Lipinski definition) is 0. The molecule has 0 N–H and O–H groups in total. The molecular formula is C13H19KO2. The van der Waals surface area contributed by atoms with Crippen molar-refractivity contribution in [3.8, 4) is 11.5 Å². The minimum atomic E-state index is 0. The van der Waals surface area contributed by atoms with Crippen LogP contribution in [0.2, 0.25) is 0 Å². The minimum absolute atomic E-state index is 0. The standard InChI is InChI=1S/C13H18O2.K.H/c1-4-6-11-7-8-12(15-9-5-2)13(10-11)14-3;;/h4,7-8,10H,1,5-6,9H2,2-3H3;;. The molecule has 0 aliphatic heterocycles. The van der Waals surface area contributed by atoms with Gasteiger partial charge in [0, 0.05) is 0 Å². The van der Waals surface area contributed by atoms with Gasteiger partial charge in [-0.1, -0.05) is 19.1 Å². The predicted octanol–water partition coefficient (Wildman–Crippen LogP) is 2.56. The van der Waals surface area contributed by atoms with E-state index in [4.69, 9.17) is 9.47 Å². The quantitative estimate of drug-likeness (QED) is 0.567. The Hall–Kier alpha value is 0.196. The first kappa shape index (κ1) is 16.2. The average molecular weight is 246 g/mol. The van der Waals surface area contributed by atoms with Crippen LogP contribution in [0.15, 0.2) is 30.9 Å². The summed E-state index contributed by atoms with van der Waals surface area (Å²) in [4.78, 5) is 0. The van der Waals surface area contributed by atoms with Gasteiger partial charge in [-0.2, -0.15) is 0 Å². The van der Waals surface area contributed by atoms with E-state index in [-0.39, 0.29) is 51.4 Å². The molecule has 84 valence electrons. The summed E-state index contributed by atoms with van der Waals surface area (Å²) in [6, 6.07) is 5.98. The summed E-state index contributed by atoms with van der Waals surface area (Å²) in [6.45, 7) is 6.51. The van der Waals surface area contributed by atoms with Gasteiger partial charge in [0.2, 0.25) is 0 Å². The molecular weight excluding hydrogens is 227 g/mol. The van der Waals surface area contributed by atoms with Crippen LogP contribution in [0.4, 0.5) is 0 Å². The summed E-state index contributed by atoms with van der Waals surface area (Å²) >= 11 is 0. The zero-order chi connectivity index (χ0) is 11.1. The molecule has 0 fully saturated rings. The second kappa shape index (κ2) is 9.25. The van der Waals surface area contributed by atoms with E-state index in [0.29, 0.717) is 0 Å². The molecule has 1 aromatic rings. The molecule has 2 nitrogen and oxygen atoms in total. The zero-order valence-corrected chi connectivity index (χ0v) is 9.45. The van der Waals surface area contributed by atoms with Crippen LogP contribution in [0.5, 0.6) is 11.5 Å². The second-order valence-electron chi connectivity index (χ2n) is 3.33. The van der Waals surface area contributed by atoms with Crippen molar-refractivity contribution in [2.75, 3.05) is 13.7 Å². The van der Waals surface area contributed by atoms with Gasteiger partial charge in [-0.15, -0.1) is 6.58 Å². The fourth-order valence-corrected chi connectivity index (χ4v) is 1.34. The van der Waals surface area contributed by atoms with Gasteiger partial charge in [-0.3, -0.25) is 0 Å². The van der Waals surface area contributed by atoms with Crippen LogP contribution < -0.4 is 9.47 Å². The van der Waals surface area contributed by atoms with Gasteiger partial charge < -0.3 is 9.47 Å². The molecule has 0 aliphatic carbocycles. The molecule has 0 bridgehead atoms. The molecule has 16 heavy (non-hydrogen) atoms. The summed E-state index contributed by atoms with van der Waals surface area (Å²) in [6.07, 6.45) is 3.73. The monoisotopic (exact) mass is 246 g/mol. The van der Waals surface area contributed by atoms with Crippen molar-refractivity contribution in [1.29, 1.82) is 0 Å². The predicted molar refractivity (Wildman–Crippen MR) is 69.8 cm³/mol. The van der Waals surface area contributed by atoms with Crippen molar-refractivity contribution in [3.05, 3.63) is 36.4 Å². The summed E-state index contributed by atoms with van der Waals surface area (Å²) in [5, 5.41) is 0. The Labute approximate surface area is 140 Å². The van der Waals surface area contributed by atoms with Gasteiger partial charge >= 0.3 is 51.4 Å². The Morgan fingerprint density at radius 2 is 2.06 bits per heavy atom. The zero-order valence-electron chi connectivity index (χ0n) is 9.45. The molecule has 1 aromatic carbocycles. The van der Waals surface area contributed by atoms with Crippen molar-refractivity contribution in [3.63, 3.8) is 0 Å². The van der Waals surface area contributed by atoms with E-state index in [2.05, 4.69) is 13.5 Å². The topological polar surface area (TPSA) is 18.5 Å². The SMILES string of the molecule is C=CCc1ccc(OCCC)c(OC)c1.[KH]. The Bertz CT molecular complexity index is 324. The van der Waals surface area contributed by atoms with Crippen LogP contribution in [0, 0.1) is 0 Å². The van der Waals surface area contributed by atoms with Gasteiger partial charge in [0.1, 0.15) is 0 Å². The number of benzene rings is 1. The van der Waals surface area contributed by atoms with Crippen molar-refractivity contribution >= 4 is 51.4 Å². The first-order chi connectivity index (χ1) is 7.31. The number of rotatable bonds is 6. The van der Waals surface area contributed by atoms with Crippen molar-refractivity contribution in [1.82, 2.24) is 0 Å². The number of ether oxygens (including phenoxy) is 2. The molecule has 0 unspecified atom stereocenters. The van der Waals surface area contributed by atoms with E-state index in [1.165, 1.54) is 5.56 Å². The third-order valence-corrected chi connectivity index (χ3v) is 2.07. The van der Waals surface area contributed by atoms with Gasteiger partial charge in [-0.05, 0) is 30.5 Å². The number of allylic oxidation sites excluding steroid dienone is 1. The summed E-state index contributed by atoms with van der Waals surface area (Å²) in [5.41, 5.74) is 1.19. The normalized spacial score (nSPS) is 9.12. The Balaban J connectivity index is 0.00000225. The third kappa shape index (κ3) is 5.02. The van der Waals surface area contributed by atoms with E-state index < -0.39 is 0 Å². The second-order valence-corrected chi connectivity index (χ2v) is 3.33. The van der Waals surface area contributed by atoms with Gasteiger partial charge in [0.25, 0.3) is 0 Å². The maximum atomic E-state index is 5.56. The molecule has 0 saturated heterocycles. The molecule has 0 aromatic heterocycles. The van der Waals surface area contributed by atoms with Crippen molar-refractivity contribution < 1.29 is 9.47 Å². The maximum absolute atomic E-state index is 5.56. The molecule has 0 aliphatic rings. The Morgan fingerprint density at radius 3 is 2.62 bits per heavy atom. The van der Waals surface area contributed by atoms with E-state index in [9.17, 15) is 0 Å². The molecule has 1 rings (SSSR count). The molecule has 0 atom stereocenters. The summed E-state index contributed by atoms with van der Waals surface area (Å²) in [5.74, 6) is 1.61. The molecule has 0 spiro atoms. The first-order valence-electron chi connectivity index (χ1n) is 5.22. The van der Waals surface area contributed by atoms with Crippen molar-refractivity contribution in [2.24, 2.45) is 0 Å².